The fourth-order valence-electron chi connectivity index (χ4n) is 1.68. The van der Waals surface area contributed by atoms with E-state index >= 15 is 0 Å². The van der Waals surface area contributed by atoms with Crippen LogP contribution in [0.1, 0.15) is 11.6 Å². The number of piperazine rings is 1. The van der Waals surface area contributed by atoms with Gasteiger partial charge in [-0.3, -0.25) is 0 Å². The van der Waals surface area contributed by atoms with E-state index in [9.17, 15) is 13.2 Å². The van der Waals surface area contributed by atoms with Gasteiger partial charge in [-0.2, -0.15) is 0 Å². The van der Waals surface area contributed by atoms with Gasteiger partial charge in [-0.05, 0) is 6.07 Å². The van der Waals surface area contributed by atoms with Crippen LogP contribution in [0.2, 0.25) is 0 Å². The van der Waals surface area contributed by atoms with Gasteiger partial charge in [0.25, 0.3) is 0 Å². The Morgan fingerprint density at radius 1 is 1.06 bits per heavy atom. The minimum Gasteiger partial charge on any atom is -0.314 e. The number of nitrogens with one attached hydrogen (secondary N) is 2. The predicted octanol–water partition coefficient (Wildman–Crippen LogP) is 1.76. The van der Waals surface area contributed by atoms with Crippen LogP contribution in [0.4, 0.5) is 13.2 Å². The molecule has 0 spiro atoms. The lowest BCUT2D eigenvalue weighted by Crippen LogP contribution is -2.43. The van der Waals surface area contributed by atoms with Gasteiger partial charge in [0, 0.05) is 31.2 Å². The molecule has 1 saturated heterocycles. The smallest absolute Gasteiger partial charge is 0.194 e. The molecular weight excluding hydrogens is 241 g/mol. The molecule has 1 aromatic carbocycles. The minimum absolute atomic E-state index is 0. The molecule has 1 atom stereocenters. The molecule has 90 valence electrons. The fraction of sp³-hybridized carbons (Fsp3) is 0.400. The van der Waals surface area contributed by atoms with E-state index in [1.807, 2.05) is 0 Å². The Bertz CT molecular complexity index is 367. The second kappa shape index (κ2) is 5.52. The summed E-state index contributed by atoms with van der Waals surface area (Å²) in [6, 6.07) is 1.93. The van der Waals surface area contributed by atoms with Crippen molar-refractivity contribution in [2.24, 2.45) is 0 Å². The second-order valence-corrected chi connectivity index (χ2v) is 3.48. The van der Waals surface area contributed by atoms with Crippen molar-refractivity contribution in [1.82, 2.24) is 10.6 Å². The van der Waals surface area contributed by atoms with Crippen molar-refractivity contribution in [3.05, 3.63) is 35.1 Å². The van der Waals surface area contributed by atoms with E-state index in [0.29, 0.717) is 13.1 Å². The number of rotatable bonds is 1. The first-order valence-corrected chi connectivity index (χ1v) is 4.77. The summed E-state index contributed by atoms with van der Waals surface area (Å²) in [6.07, 6.45) is 0. The van der Waals surface area contributed by atoms with Crippen LogP contribution in [0.3, 0.4) is 0 Å². The van der Waals surface area contributed by atoms with Crippen LogP contribution < -0.4 is 10.6 Å². The minimum atomic E-state index is -1.40. The summed E-state index contributed by atoms with van der Waals surface area (Å²) in [4.78, 5) is 0. The molecule has 2 N–H and O–H groups in total. The maximum atomic E-state index is 13.4. The summed E-state index contributed by atoms with van der Waals surface area (Å²) in [5.74, 6) is -3.66. The van der Waals surface area contributed by atoms with Gasteiger partial charge in [-0.15, -0.1) is 12.4 Å². The van der Waals surface area contributed by atoms with E-state index < -0.39 is 17.5 Å². The quantitative estimate of drug-likeness (QED) is 0.745. The van der Waals surface area contributed by atoms with Crippen molar-refractivity contribution in [3.63, 3.8) is 0 Å². The first-order chi connectivity index (χ1) is 7.20. The van der Waals surface area contributed by atoms with E-state index in [0.717, 1.165) is 12.6 Å². The predicted molar refractivity (Wildman–Crippen MR) is 57.2 cm³/mol. The van der Waals surface area contributed by atoms with Crippen molar-refractivity contribution < 1.29 is 13.2 Å². The van der Waals surface area contributed by atoms with Gasteiger partial charge in [-0.1, -0.05) is 6.07 Å². The number of hydrogen-bond acceptors (Lipinski definition) is 2. The molecule has 6 heteroatoms. The van der Waals surface area contributed by atoms with Crippen molar-refractivity contribution in [2.75, 3.05) is 19.6 Å². The summed E-state index contributed by atoms with van der Waals surface area (Å²) in [7, 11) is 0. The van der Waals surface area contributed by atoms with E-state index in [1.54, 1.807) is 0 Å². The summed E-state index contributed by atoms with van der Waals surface area (Å²) in [5, 5.41) is 6.08. The Labute approximate surface area is 97.6 Å². The maximum absolute atomic E-state index is 13.4. The molecule has 1 heterocycles. The molecule has 1 aliphatic heterocycles. The SMILES string of the molecule is Cl.Fc1ccc([C@H]2CNCCN2)c(F)c1F. The molecule has 0 aliphatic carbocycles. The lowest BCUT2D eigenvalue weighted by molar-refractivity contribution is 0.393. The van der Waals surface area contributed by atoms with Crippen LogP contribution in [0.25, 0.3) is 0 Å². The number of benzene rings is 1. The Balaban J connectivity index is 0.00000128. The van der Waals surface area contributed by atoms with Gasteiger partial charge >= 0.3 is 0 Å². The molecule has 0 aromatic heterocycles. The van der Waals surface area contributed by atoms with E-state index in [2.05, 4.69) is 10.6 Å². The topological polar surface area (TPSA) is 24.1 Å². The lowest BCUT2D eigenvalue weighted by Gasteiger charge is -2.25. The third-order valence-electron chi connectivity index (χ3n) is 2.48. The molecular formula is C10H12ClF3N2. The van der Waals surface area contributed by atoms with Gasteiger partial charge in [0.15, 0.2) is 17.5 Å². The monoisotopic (exact) mass is 252 g/mol. The van der Waals surface area contributed by atoms with Gasteiger partial charge in [0.2, 0.25) is 0 Å². The van der Waals surface area contributed by atoms with E-state index in [4.69, 9.17) is 0 Å². The molecule has 0 amide bonds. The highest BCUT2D eigenvalue weighted by atomic mass is 35.5. The zero-order valence-electron chi connectivity index (χ0n) is 8.40. The average Bonchev–Trinajstić information content (AvgIpc) is 2.27. The standard InChI is InChI=1S/C10H11F3N2.ClH/c11-7-2-1-6(9(12)10(7)13)8-5-14-3-4-15-8;/h1-2,8,14-15H,3-5H2;1H/t8-;/m1./s1. The zero-order chi connectivity index (χ0) is 10.8. The molecule has 0 unspecified atom stereocenters. The Hall–Kier alpha value is -0.780. The molecule has 2 rings (SSSR count). The zero-order valence-corrected chi connectivity index (χ0v) is 9.21. The fourth-order valence-corrected chi connectivity index (χ4v) is 1.68. The van der Waals surface area contributed by atoms with Crippen LogP contribution in [-0.2, 0) is 0 Å². The summed E-state index contributed by atoms with van der Waals surface area (Å²) in [5.41, 5.74) is 0.168. The largest absolute Gasteiger partial charge is 0.314 e. The van der Waals surface area contributed by atoms with E-state index in [-0.39, 0.29) is 24.0 Å². The van der Waals surface area contributed by atoms with Crippen LogP contribution in [0.5, 0.6) is 0 Å². The molecule has 0 saturated carbocycles. The van der Waals surface area contributed by atoms with Crippen molar-refractivity contribution in [3.8, 4) is 0 Å². The van der Waals surface area contributed by atoms with Crippen molar-refractivity contribution in [1.29, 1.82) is 0 Å². The van der Waals surface area contributed by atoms with Crippen molar-refractivity contribution in [2.45, 2.75) is 6.04 Å². The van der Waals surface area contributed by atoms with Crippen LogP contribution in [-0.4, -0.2) is 19.6 Å². The molecule has 0 bridgehead atoms. The van der Waals surface area contributed by atoms with E-state index in [1.165, 1.54) is 6.07 Å². The first kappa shape index (κ1) is 13.3. The van der Waals surface area contributed by atoms with Gasteiger partial charge in [-0.25, -0.2) is 13.2 Å². The van der Waals surface area contributed by atoms with Crippen LogP contribution in [0, 0.1) is 17.5 Å². The van der Waals surface area contributed by atoms with Gasteiger partial charge < -0.3 is 10.6 Å². The van der Waals surface area contributed by atoms with Gasteiger partial charge in [0.1, 0.15) is 0 Å². The third-order valence-corrected chi connectivity index (χ3v) is 2.48. The third kappa shape index (κ3) is 2.48. The number of hydrogen-bond donors (Lipinski definition) is 2. The molecule has 1 fully saturated rings. The van der Waals surface area contributed by atoms with Gasteiger partial charge in [0.05, 0.1) is 0 Å². The highest BCUT2D eigenvalue weighted by Gasteiger charge is 2.21. The summed E-state index contributed by atoms with van der Waals surface area (Å²) in [6.45, 7) is 1.99. The Morgan fingerprint density at radius 2 is 1.81 bits per heavy atom. The second-order valence-electron chi connectivity index (χ2n) is 3.48. The highest BCUT2D eigenvalue weighted by molar-refractivity contribution is 5.85. The van der Waals surface area contributed by atoms with Crippen molar-refractivity contribution >= 4 is 12.4 Å². The molecule has 2 nitrogen and oxygen atoms in total. The Kier molecular flexibility index (Phi) is 4.58. The Morgan fingerprint density at radius 3 is 2.44 bits per heavy atom. The summed E-state index contributed by atoms with van der Waals surface area (Å²) < 4.78 is 39.0. The maximum Gasteiger partial charge on any atom is 0.194 e. The van der Waals surface area contributed by atoms with Crippen LogP contribution in [0.15, 0.2) is 12.1 Å². The normalized spacial score (nSPS) is 20.3. The number of halogens is 4. The summed E-state index contributed by atoms with van der Waals surface area (Å²) >= 11 is 0. The highest BCUT2D eigenvalue weighted by Crippen LogP contribution is 2.21. The average molecular weight is 253 g/mol. The molecule has 1 aromatic rings. The lowest BCUT2D eigenvalue weighted by atomic mass is 10.0. The molecule has 1 aliphatic rings. The molecule has 16 heavy (non-hydrogen) atoms. The first-order valence-electron chi connectivity index (χ1n) is 4.77. The van der Waals surface area contributed by atoms with Crippen LogP contribution >= 0.6 is 12.4 Å². The molecule has 0 radical (unpaired) electrons.